The van der Waals surface area contributed by atoms with Gasteiger partial charge < -0.3 is 16.0 Å². The Balaban J connectivity index is 1.43. The fourth-order valence-corrected chi connectivity index (χ4v) is 4.13. The Bertz CT molecular complexity index is 1270. The van der Waals surface area contributed by atoms with E-state index in [0.717, 1.165) is 51.2 Å². The molecule has 15 heteroatoms. The zero-order valence-corrected chi connectivity index (χ0v) is 22.0. The summed E-state index contributed by atoms with van der Waals surface area (Å²) in [6, 6.07) is 3.66. The molecule has 0 unspecified atom stereocenters. The van der Waals surface area contributed by atoms with E-state index >= 15 is 0 Å². The van der Waals surface area contributed by atoms with Crippen LogP contribution in [0, 0.1) is 0 Å². The first-order chi connectivity index (χ1) is 20.0. The number of amides is 9. The topological polar surface area (TPSA) is 199 Å². The zero-order chi connectivity index (χ0) is 30.4. The molecule has 3 aliphatic rings. The fourth-order valence-electron chi connectivity index (χ4n) is 4.13. The Labute approximate surface area is 237 Å². The molecule has 9 amide bonds. The van der Waals surface area contributed by atoms with Gasteiger partial charge in [0.15, 0.2) is 0 Å². The van der Waals surface area contributed by atoms with Crippen molar-refractivity contribution in [3.8, 4) is 0 Å². The van der Waals surface area contributed by atoms with Gasteiger partial charge in [0, 0.05) is 92.4 Å². The summed E-state index contributed by atoms with van der Waals surface area (Å²) >= 11 is 0. The lowest BCUT2D eigenvalue weighted by Crippen LogP contribution is -2.39. The minimum Gasteiger partial charge on any atom is -0.350 e. The first kappa shape index (κ1) is 29.3. The van der Waals surface area contributed by atoms with Crippen molar-refractivity contribution >= 4 is 53.2 Å². The summed E-state index contributed by atoms with van der Waals surface area (Å²) in [5.41, 5.74) is -0.269. The van der Waals surface area contributed by atoms with Crippen LogP contribution in [0.4, 0.5) is 0 Å². The molecule has 15 nitrogen and oxygen atoms in total. The molecule has 0 spiro atoms. The van der Waals surface area contributed by atoms with Gasteiger partial charge in [0.25, 0.3) is 53.2 Å². The SMILES string of the molecule is O=C(NCCN1C(=O)C=CC1=O)c1cc(C(=O)NCCN2C(=O)C=CC2=O)cc(C(=O)NCCN2C(=O)C=CC2=O)c1. The van der Waals surface area contributed by atoms with Gasteiger partial charge in [-0.05, 0) is 18.2 Å². The van der Waals surface area contributed by atoms with Crippen molar-refractivity contribution in [1.29, 1.82) is 0 Å². The smallest absolute Gasteiger partial charge is 0.253 e. The monoisotopic (exact) mass is 576 g/mol. The average Bonchev–Trinajstić information content (AvgIpc) is 3.59. The molecular formula is C27H24N6O9. The van der Waals surface area contributed by atoms with Crippen molar-refractivity contribution in [3.63, 3.8) is 0 Å². The molecule has 0 bridgehead atoms. The molecular weight excluding hydrogens is 552 g/mol. The summed E-state index contributed by atoms with van der Waals surface area (Å²) in [5, 5.41) is 7.58. The minimum absolute atomic E-state index is 0.0896. The maximum Gasteiger partial charge on any atom is 0.253 e. The third kappa shape index (κ3) is 6.70. The molecule has 0 fully saturated rings. The number of imide groups is 3. The first-order valence-electron chi connectivity index (χ1n) is 12.7. The summed E-state index contributed by atoms with van der Waals surface area (Å²) < 4.78 is 0. The van der Waals surface area contributed by atoms with E-state index < -0.39 is 53.2 Å². The van der Waals surface area contributed by atoms with E-state index in [2.05, 4.69) is 16.0 Å². The number of carbonyl (C=O) groups excluding carboxylic acids is 9. The van der Waals surface area contributed by atoms with Gasteiger partial charge in [-0.15, -0.1) is 0 Å². The van der Waals surface area contributed by atoms with Gasteiger partial charge in [0.1, 0.15) is 0 Å². The number of carbonyl (C=O) groups is 9. The van der Waals surface area contributed by atoms with Crippen molar-refractivity contribution in [3.05, 3.63) is 71.3 Å². The lowest BCUT2D eigenvalue weighted by molar-refractivity contribution is -0.138. The highest BCUT2D eigenvalue weighted by atomic mass is 16.2. The highest BCUT2D eigenvalue weighted by Gasteiger charge is 2.25. The van der Waals surface area contributed by atoms with Crippen LogP contribution in [0.1, 0.15) is 31.1 Å². The second-order valence-corrected chi connectivity index (χ2v) is 9.05. The Kier molecular flexibility index (Phi) is 8.80. The molecule has 42 heavy (non-hydrogen) atoms. The molecule has 4 rings (SSSR count). The van der Waals surface area contributed by atoms with Gasteiger partial charge in [-0.1, -0.05) is 0 Å². The van der Waals surface area contributed by atoms with Crippen molar-refractivity contribution in [2.24, 2.45) is 0 Å². The number of nitrogens with zero attached hydrogens (tertiary/aromatic N) is 3. The van der Waals surface area contributed by atoms with Crippen LogP contribution in [0.25, 0.3) is 0 Å². The van der Waals surface area contributed by atoms with E-state index in [0.29, 0.717) is 0 Å². The summed E-state index contributed by atoms with van der Waals surface area (Å²) in [5.74, 6) is -5.23. The Morgan fingerprint density at radius 2 is 0.643 bits per heavy atom. The van der Waals surface area contributed by atoms with E-state index in [1.807, 2.05) is 0 Å². The Morgan fingerprint density at radius 3 is 0.857 bits per heavy atom. The molecule has 0 aromatic heterocycles. The number of hydrogen-bond donors (Lipinski definition) is 3. The molecule has 0 saturated heterocycles. The van der Waals surface area contributed by atoms with Gasteiger partial charge in [0.05, 0.1) is 0 Å². The molecule has 3 aliphatic heterocycles. The molecule has 1 aromatic carbocycles. The predicted molar refractivity (Wildman–Crippen MR) is 141 cm³/mol. The third-order valence-electron chi connectivity index (χ3n) is 6.28. The molecule has 0 atom stereocenters. The summed E-state index contributed by atoms with van der Waals surface area (Å²) in [7, 11) is 0. The van der Waals surface area contributed by atoms with E-state index in [9.17, 15) is 43.2 Å². The lowest BCUT2D eigenvalue weighted by Gasteiger charge is -2.16. The maximum absolute atomic E-state index is 12.9. The first-order valence-corrected chi connectivity index (χ1v) is 12.7. The summed E-state index contributed by atoms with van der Waals surface area (Å²) in [6.07, 6.45) is 6.64. The van der Waals surface area contributed by atoms with Crippen molar-refractivity contribution in [2.45, 2.75) is 0 Å². The van der Waals surface area contributed by atoms with Crippen LogP contribution in [0.15, 0.2) is 54.7 Å². The van der Waals surface area contributed by atoms with Crippen molar-refractivity contribution < 1.29 is 43.2 Å². The third-order valence-corrected chi connectivity index (χ3v) is 6.28. The molecule has 216 valence electrons. The van der Waals surface area contributed by atoms with E-state index in [4.69, 9.17) is 0 Å². The lowest BCUT2D eigenvalue weighted by atomic mass is 10.0. The van der Waals surface area contributed by atoms with Crippen LogP contribution < -0.4 is 16.0 Å². The highest BCUT2D eigenvalue weighted by molar-refractivity contribution is 6.14. The van der Waals surface area contributed by atoms with E-state index in [1.54, 1.807) is 0 Å². The molecule has 1 aromatic rings. The zero-order valence-electron chi connectivity index (χ0n) is 22.0. The van der Waals surface area contributed by atoms with Gasteiger partial charge in [0.2, 0.25) is 0 Å². The van der Waals surface area contributed by atoms with Crippen LogP contribution in [0.2, 0.25) is 0 Å². The molecule has 0 radical (unpaired) electrons. The number of rotatable bonds is 12. The summed E-state index contributed by atoms with van der Waals surface area (Å²) in [4.78, 5) is 112. The van der Waals surface area contributed by atoms with E-state index in [1.165, 1.54) is 18.2 Å². The molecule has 0 aliphatic carbocycles. The molecule has 3 heterocycles. The van der Waals surface area contributed by atoms with Gasteiger partial charge in [-0.25, -0.2) is 0 Å². The van der Waals surface area contributed by atoms with Crippen molar-refractivity contribution in [1.82, 2.24) is 30.7 Å². The quantitative estimate of drug-likeness (QED) is 0.228. The van der Waals surface area contributed by atoms with Gasteiger partial charge in [-0.2, -0.15) is 0 Å². The standard InChI is InChI=1S/C27H24N6O9/c34-19-1-2-20(35)31(19)10-7-28-25(40)16-13-17(26(41)29-8-11-32-21(36)3-4-22(32)37)15-18(14-16)27(42)30-9-12-33-23(38)5-6-24(33)39/h1-6,13-15H,7-12H2,(H,28,40)(H,29,41)(H,30,42). The largest absolute Gasteiger partial charge is 0.350 e. The average molecular weight is 577 g/mol. The van der Waals surface area contributed by atoms with Crippen LogP contribution in [0.3, 0.4) is 0 Å². The fraction of sp³-hybridized carbons (Fsp3) is 0.222. The number of nitrogens with one attached hydrogen (secondary N) is 3. The second-order valence-electron chi connectivity index (χ2n) is 9.05. The van der Waals surface area contributed by atoms with E-state index in [-0.39, 0.29) is 56.0 Å². The van der Waals surface area contributed by atoms with Crippen LogP contribution in [-0.2, 0) is 28.8 Å². The van der Waals surface area contributed by atoms with Gasteiger partial charge >= 0.3 is 0 Å². The second kappa shape index (κ2) is 12.6. The Hall–Kier alpha value is -5.73. The van der Waals surface area contributed by atoms with Gasteiger partial charge in [-0.3, -0.25) is 57.9 Å². The molecule has 3 N–H and O–H groups in total. The van der Waals surface area contributed by atoms with Crippen LogP contribution in [-0.4, -0.2) is 107 Å². The van der Waals surface area contributed by atoms with Crippen molar-refractivity contribution in [2.75, 3.05) is 39.3 Å². The van der Waals surface area contributed by atoms with Crippen LogP contribution in [0.5, 0.6) is 0 Å². The highest BCUT2D eigenvalue weighted by Crippen LogP contribution is 2.12. The predicted octanol–water partition coefficient (Wildman–Crippen LogP) is -2.35. The Morgan fingerprint density at radius 1 is 0.429 bits per heavy atom. The minimum atomic E-state index is -0.704. The normalized spacial score (nSPS) is 15.9. The maximum atomic E-state index is 12.9. The summed E-state index contributed by atoms with van der Waals surface area (Å²) in [6.45, 7) is -0.615. The van der Waals surface area contributed by atoms with Crippen LogP contribution >= 0.6 is 0 Å². The molecule has 0 saturated carbocycles. The number of benzene rings is 1. The number of hydrogen-bond acceptors (Lipinski definition) is 9.